The molecule has 1 aromatic rings. The lowest BCUT2D eigenvalue weighted by molar-refractivity contribution is -0.114. The lowest BCUT2D eigenvalue weighted by Gasteiger charge is -2.16. The van der Waals surface area contributed by atoms with Gasteiger partial charge in [0.25, 0.3) is 11.7 Å². The van der Waals surface area contributed by atoms with Crippen molar-refractivity contribution in [3.05, 3.63) is 29.3 Å². The van der Waals surface area contributed by atoms with Crippen LogP contribution in [0.15, 0.2) is 12.1 Å². The third-order valence-electron chi connectivity index (χ3n) is 2.78. The number of halogens is 3. The van der Waals surface area contributed by atoms with Crippen LogP contribution in [0.3, 0.4) is 0 Å². The van der Waals surface area contributed by atoms with E-state index in [1.165, 1.54) is 0 Å². The number of Topliss-reactive ketones (excluding diaryl/α,β-unsaturated/α-hetero) is 1. The number of alkyl halides is 1. The summed E-state index contributed by atoms with van der Waals surface area (Å²) < 4.78 is 27.1. The number of fused-ring (bicyclic) bond motifs is 1. The van der Waals surface area contributed by atoms with E-state index < -0.39 is 28.9 Å². The fourth-order valence-corrected chi connectivity index (χ4v) is 2.12. The van der Waals surface area contributed by atoms with Gasteiger partial charge in [-0.1, -0.05) is 0 Å². The van der Waals surface area contributed by atoms with E-state index >= 15 is 0 Å². The Hall–Kier alpha value is -1.49. The predicted octanol–water partition coefficient (Wildman–Crippen LogP) is 2.51. The van der Waals surface area contributed by atoms with Gasteiger partial charge in [0.05, 0.1) is 11.3 Å². The lowest BCUT2D eigenvalue weighted by Crippen LogP contribution is -2.31. The van der Waals surface area contributed by atoms with Crippen LogP contribution in [0.4, 0.5) is 14.5 Å². The number of rotatable bonds is 4. The molecule has 0 saturated heterocycles. The molecule has 0 aromatic heterocycles. The van der Waals surface area contributed by atoms with Crippen LogP contribution in [0.1, 0.15) is 23.2 Å². The summed E-state index contributed by atoms with van der Waals surface area (Å²) in [5.41, 5.74) is -0.717. The van der Waals surface area contributed by atoms with Gasteiger partial charge in [-0.05, 0) is 25.0 Å². The molecule has 0 atom stereocenters. The molecule has 1 heterocycles. The Labute approximate surface area is 107 Å². The standard InChI is InChI=1S/C12H10ClF2NO2/c13-5-1-2-6-16-10-8(15)4-3-7(14)9(10)11(17)12(16)18/h3-4H,1-2,5-6H2. The van der Waals surface area contributed by atoms with Crippen LogP contribution in [0.2, 0.25) is 0 Å². The number of carbonyl (C=O) groups excluding carboxylic acids is 2. The van der Waals surface area contributed by atoms with Gasteiger partial charge >= 0.3 is 0 Å². The molecule has 18 heavy (non-hydrogen) atoms. The van der Waals surface area contributed by atoms with E-state index in [1.54, 1.807) is 0 Å². The topological polar surface area (TPSA) is 37.4 Å². The van der Waals surface area contributed by atoms with E-state index in [2.05, 4.69) is 0 Å². The SMILES string of the molecule is O=C1C(=O)N(CCCCCl)c2c(F)ccc(F)c21. The van der Waals surface area contributed by atoms with Crippen molar-refractivity contribution in [1.82, 2.24) is 0 Å². The molecule has 3 nitrogen and oxygen atoms in total. The van der Waals surface area contributed by atoms with Crippen molar-refractivity contribution in [1.29, 1.82) is 0 Å². The minimum atomic E-state index is -0.993. The smallest absolute Gasteiger partial charge is 0.299 e. The number of nitrogens with zero attached hydrogens (tertiary/aromatic N) is 1. The van der Waals surface area contributed by atoms with E-state index in [-0.39, 0.29) is 12.2 Å². The molecule has 0 fully saturated rings. The Morgan fingerprint density at radius 2 is 1.78 bits per heavy atom. The first-order chi connectivity index (χ1) is 8.57. The predicted molar refractivity (Wildman–Crippen MR) is 63.0 cm³/mol. The molecule has 6 heteroatoms. The van der Waals surface area contributed by atoms with Crippen molar-refractivity contribution in [2.24, 2.45) is 0 Å². The number of hydrogen-bond acceptors (Lipinski definition) is 2. The largest absolute Gasteiger partial charge is 0.302 e. The average Bonchev–Trinajstić information content (AvgIpc) is 2.60. The van der Waals surface area contributed by atoms with Gasteiger partial charge in [0, 0.05) is 12.4 Å². The molecule has 1 aliphatic heterocycles. The molecule has 96 valence electrons. The second-order valence-corrected chi connectivity index (χ2v) is 4.31. The number of anilines is 1. The van der Waals surface area contributed by atoms with Crippen LogP contribution in [0, 0.1) is 11.6 Å². The summed E-state index contributed by atoms with van der Waals surface area (Å²) >= 11 is 5.50. The number of hydrogen-bond donors (Lipinski definition) is 0. The Bertz CT molecular complexity index is 519. The fourth-order valence-electron chi connectivity index (χ4n) is 1.93. The van der Waals surface area contributed by atoms with E-state index in [4.69, 9.17) is 11.6 Å². The maximum atomic E-state index is 13.6. The molecule has 0 unspecified atom stereocenters. The van der Waals surface area contributed by atoms with Gasteiger partial charge in [0.15, 0.2) is 0 Å². The molecule has 0 N–H and O–H groups in total. The normalized spacial score (nSPS) is 14.3. The zero-order valence-electron chi connectivity index (χ0n) is 9.38. The van der Waals surface area contributed by atoms with E-state index in [9.17, 15) is 18.4 Å². The summed E-state index contributed by atoms with van der Waals surface area (Å²) in [6, 6.07) is 1.76. The van der Waals surface area contributed by atoms with Crippen LogP contribution in [0.5, 0.6) is 0 Å². The Kier molecular flexibility index (Phi) is 3.61. The summed E-state index contributed by atoms with van der Waals surface area (Å²) in [7, 11) is 0. The first-order valence-electron chi connectivity index (χ1n) is 5.48. The van der Waals surface area contributed by atoms with Crippen LogP contribution in [0.25, 0.3) is 0 Å². The van der Waals surface area contributed by atoms with E-state index in [0.717, 1.165) is 17.0 Å². The summed E-state index contributed by atoms with van der Waals surface area (Å²) in [6.07, 6.45) is 1.16. The van der Waals surface area contributed by atoms with Gasteiger partial charge in [0.2, 0.25) is 0 Å². The molecule has 0 aliphatic carbocycles. The second-order valence-electron chi connectivity index (χ2n) is 3.93. The minimum absolute atomic E-state index is 0.157. The van der Waals surface area contributed by atoms with Crippen LogP contribution in [-0.2, 0) is 4.79 Å². The fraction of sp³-hybridized carbons (Fsp3) is 0.333. The van der Waals surface area contributed by atoms with Crippen LogP contribution < -0.4 is 4.90 Å². The highest BCUT2D eigenvalue weighted by Crippen LogP contribution is 2.33. The van der Waals surface area contributed by atoms with Crippen LogP contribution in [-0.4, -0.2) is 24.1 Å². The van der Waals surface area contributed by atoms with E-state index in [1.807, 2.05) is 0 Å². The highest BCUT2D eigenvalue weighted by atomic mass is 35.5. The van der Waals surface area contributed by atoms with Crippen molar-refractivity contribution < 1.29 is 18.4 Å². The quantitative estimate of drug-likeness (QED) is 0.480. The molecule has 0 spiro atoms. The number of ketones is 1. The van der Waals surface area contributed by atoms with Gasteiger partial charge in [-0.3, -0.25) is 9.59 Å². The minimum Gasteiger partial charge on any atom is -0.302 e. The van der Waals surface area contributed by atoms with Gasteiger partial charge in [-0.15, -0.1) is 11.6 Å². The first-order valence-corrected chi connectivity index (χ1v) is 6.01. The summed E-state index contributed by atoms with van der Waals surface area (Å²) in [6.45, 7) is 0.157. The van der Waals surface area contributed by atoms with Crippen molar-refractivity contribution >= 4 is 29.0 Å². The van der Waals surface area contributed by atoms with Gasteiger partial charge in [-0.2, -0.15) is 0 Å². The molecule has 0 bridgehead atoms. The highest BCUT2D eigenvalue weighted by Gasteiger charge is 2.40. The number of carbonyl (C=O) groups is 2. The molecule has 2 rings (SSSR count). The maximum absolute atomic E-state index is 13.6. The summed E-state index contributed by atoms with van der Waals surface area (Å²) in [4.78, 5) is 24.2. The Morgan fingerprint density at radius 3 is 2.44 bits per heavy atom. The molecule has 0 saturated carbocycles. The first kappa shape index (κ1) is 13.0. The second kappa shape index (κ2) is 5.02. The van der Waals surface area contributed by atoms with Crippen molar-refractivity contribution in [3.63, 3.8) is 0 Å². The van der Waals surface area contributed by atoms with Crippen LogP contribution >= 0.6 is 11.6 Å². The maximum Gasteiger partial charge on any atom is 0.299 e. The molecule has 1 aromatic carbocycles. The van der Waals surface area contributed by atoms with Crippen molar-refractivity contribution in [2.45, 2.75) is 12.8 Å². The number of unbranched alkanes of at least 4 members (excludes halogenated alkanes) is 1. The summed E-state index contributed by atoms with van der Waals surface area (Å²) in [5.74, 6) is -3.11. The zero-order valence-corrected chi connectivity index (χ0v) is 10.1. The third-order valence-corrected chi connectivity index (χ3v) is 3.05. The Balaban J connectivity index is 2.39. The van der Waals surface area contributed by atoms with E-state index in [0.29, 0.717) is 18.7 Å². The zero-order chi connectivity index (χ0) is 13.3. The number of benzene rings is 1. The molecular formula is C12H10ClF2NO2. The van der Waals surface area contributed by atoms with Crippen molar-refractivity contribution in [3.8, 4) is 0 Å². The van der Waals surface area contributed by atoms with Crippen molar-refractivity contribution in [2.75, 3.05) is 17.3 Å². The van der Waals surface area contributed by atoms with Gasteiger partial charge < -0.3 is 4.90 Å². The molecule has 1 amide bonds. The molecular weight excluding hydrogens is 264 g/mol. The number of amides is 1. The monoisotopic (exact) mass is 273 g/mol. The lowest BCUT2D eigenvalue weighted by atomic mass is 10.1. The highest BCUT2D eigenvalue weighted by molar-refractivity contribution is 6.52. The third kappa shape index (κ3) is 1.99. The Morgan fingerprint density at radius 1 is 1.11 bits per heavy atom. The molecule has 1 aliphatic rings. The molecule has 0 radical (unpaired) electrons. The summed E-state index contributed by atoms with van der Waals surface area (Å²) in [5, 5.41) is 0. The van der Waals surface area contributed by atoms with Gasteiger partial charge in [-0.25, -0.2) is 8.78 Å². The van der Waals surface area contributed by atoms with Gasteiger partial charge in [0.1, 0.15) is 11.6 Å². The average molecular weight is 274 g/mol.